The molecule has 0 spiro atoms. The highest BCUT2D eigenvalue weighted by Gasteiger charge is 2.40. The molecule has 13 heteroatoms. The van der Waals surface area contributed by atoms with Crippen LogP contribution in [0.3, 0.4) is 0 Å². The fourth-order valence-corrected chi connectivity index (χ4v) is 0.967. The van der Waals surface area contributed by atoms with Gasteiger partial charge in [0.1, 0.15) is 0 Å². The van der Waals surface area contributed by atoms with Gasteiger partial charge in [0.2, 0.25) is 0 Å². The number of carboxylic acid groups (broad SMARTS) is 5. The summed E-state index contributed by atoms with van der Waals surface area (Å²) in [5.41, 5.74) is -2.74. The van der Waals surface area contributed by atoms with E-state index in [-0.39, 0.29) is 12.4 Å². The third kappa shape index (κ3) is 13.0. The van der Waals surface area contributed by atoms with Gasteiger partial charge in [-0.25, -0.2) is 9.59 Å². The summed E-state index contributed by atoms with van der Waals surface area (Å²) in [6.45, 7) is 0. The molecule has 1 unspecified atom stereocenters. The number of aliphatic carboxylic acids is 5. The summed E-state index contributed by atoms with van der Waals surface area (Å²) < 4.78 is 0. The number of halogens is 1. The van der Waals surface area contributed by atoms with E-state index in [1.54, 1.807) is 0 Å². The molecule has 0 radical (unpaired) electrons. The van der Waals surface area contributed by atoms with Gasteiger partial charge in [-0.2, -0.15) is 0 Å². The van der Waals surface area contributed by atoms with E-state index in [4.69, 9.17) is 35.7 Å². The predicted octanol–water partition coefficient (Wildman–Crippen LogP) is -1.92. The number of carbonyl (C=O) groups is 5. The Kier molecular flexibility index (Phi) is 12.4. The second kappa shape index (κ2) is 11.2. The summed E-state index contributed by atoms with van der Waals surface area (Å²) in [6.07, 6.45) is -4.83. The second-order valence-electron chi connectivity index (χ2n) is 3.93. The monoisotopic (exact) mass is 362 g/mol. The van der Waals surface area contributed by atoms with Crippen molar-refractivity contribution in [2.45, 2.75) is 31.0 Å². The molecule has 0 saturated carbocycles. The number of aliphatic hydroxyl groups is 2. The third-order valence-electron chi connectivity index (χ3n) is 1.94. The summed E-state index contributed by atoms with van der Waals surface area (Å²) in [7, 11) is 0. The molecule has 0 saturated heterocycles. The van der Waals surface area contributed by atoms with Crippen LogP contribution in [0.2, 0.25) is 0 Å². The molecule has 134 valence electrons. The van der Waals surface area contributed by atoms with Gasteiger partial charge in [-0.15, -0.1) is 12.4 Å². The lowest BCUT2D eigenvalue weighted by Gasteiger charge is -2.18. The van der Waals surface area contributed by atoms with Crippen molar-refractivity contribution in [3.63, 3.8) is 0 Å². The average Bonchev–Trinajstić information content (AvgIpc) is 2.25. The molecule has 0 aliphatic heterocycles. The molecular weight excluding hydrogens is 348 g/mol. The molecule has 0 heterocycles. The molecule has 0 amide bonds. The Morgan fingerprint density at radius 1 is 0.783 bits per heavy atom. The van der Waals surface area contributed by atoms with Gasteiger partial charge in [0.15, 0.2) is 11.7 Å². The van der Waals surface area contributed by atoms with Crippen LogP contribution in [0, 0.1) is 0 Å². The Morgan fingerprint density at radius 2 is 1.13 bits per heavy atom. The highest BCUT2D eigenvalue weighted by Crippen LogP contribution is 2.15. The fraction of sp³-hybridized carbons (Fsp3) is 0.500. The Bertz CT molecular complexity index is 443. The summed E-state index contributed by atoms with van der Waals surface area (Å²) >= 11 is 0. The van der Waals surface area contributed by atoms with Crippen molar-refractivity contribution in [1.29, 1.82) is 0 Å². The van der Waals surface area contributed by atoms with E-state index < -0.39 is 60.8 Å². The van der Waals surface area contributed by atoms with Gasteiger partial charge in [-0.05, 0) is 0 Å². The van der Waals surface area contributed by atoms with Gasteiger partial charge in [-0.3, -0.25) is 14.4 Å². The largest absolute Gasteiger partial charge is 0.481 e. The third-order valence-corrected chi connectivity index (χ3v) is 1.94. The van der Waals surface area contributed by atoms with Gasteiger partial charge < -0.3 is 35.7 Å². The normalized spacial score (nSPS) is 11.0. The molecule has 1 atom stereocenters. The Morgan fingerprint density at radius 3 is 1.26 bits per heavy atom. The van der Waals surface area contributed by atoms with E-state index >= 15 is 0 Å². The van der Waals surface area contributed by atoms with Crippen LogP contribution >= 0.6 is 12.4 Å². The van der Waals surface area contributed by atoms with Gasteiger partial charge in [0.25, 0.3) is 0 Å². The van der Waals surface area contributed by atoms with E-state index in [2.05, 4.69) is 0 Å². The Labute approximate surface area is 134 Å². The van der Waals surface area contributed by atoms with Crippen molar-refractivity contribution in [2.75, 3.05) is 0 Å². The fourth-order valence-electron chi connectivity index (χ4n) is 0.967. The van der Waals surface area contributed by atoms with E-state index in [0.717, 1.165) is 0 Å². The number of carboxylic acids is 5. The van der Waals surface area contributed by atoms with Crippen LogP contribution < -0.4 is 0 Å². The zero-order valence-electron chi connectivity index (χ0n) is 11.3. The summed E-state index contributed by atoms with van der Waals surface area (Å²) in [5, 5.41) is 58.0. The molecule has 0 bridgehead atoms. The average molecular weight is 363 g/mol. The van der Waals surface area contributed by atoms with Crippen molar-refractivity contribution in [3.05, 3.63) is 0 Å². The first-order chi connectivity index (χ1) is 9.81. The van der Waals surface area contributed by atoms with Gasteiger partial charge in [0, 0.05) is 0 Å². The van der Waals surface area contributed by atoms with E-state index in [1.165, 1.54) is 0 Å². The molecule has 0 aliphatic carbocycles. The van der Waals surface area contributed by atoms with Crippen LogP contribution in [-0.4, -0.2) is 77.3 Å². The molecule has 0 rings (SSSR count). The van der Waals surface area contributed by atoms with Crippen molar-refractivity contribution in [2.24, 2.45) is 0 Å². The van der Waals surface area contributed by atoms with Gasteiger partial charge >= 0.3 is 29.8 Å². The molecule has 0 aromatic heterocycles. The maximum absolute atomic E-state index is 10.3. The number of hydrogen-bond donors (Lipinski definition) is 7. The first kappa shape index (κ1) is 25.5. The summed E-state index contributed by atoms with van der Waals surface area (Å²) in [5.74, 6) is -7.86. The molecule has 0 aliphatic rings. The van der Waals surface area contributed by atoms with Crippen LogP contribution in [0.5, 0.6) is 0 Å². The molecular formula is C10H15ClO12. The van der Waals surface area contributed by atoms with Gasteiger partial charge in [0.05, 0.1) is 19.3 Å². The number of aliphatic hydroxyl groups excluding tert-OH is 1. The van der Waals surface area contributed by atoms with E-state index in [9.17, 15) is 24.0 Å². The van der Waals surface area contributed by atoms with Crippen LogP contribution in [-0.2, 0) is 24.0 Å². The lowest BCUT2D eigenvalue weighted by Crippen LogP contribution is -2.42. The first-order valence-electron chi connectivity index (χ1n) is 5.34. The van der Waals surface area contributed by atoms with Crippen LogP contribution in [0.25, 0.3) is 0 Å². The van der Waals surface area contributed by atoms with Gasteiger partial charge in [-0.1, -0.05) is 0 Å². The van der Waals surface area contributed by atoms with Crippen molar-refractivity contribution >= 4 is 42.3 Å². The van der Waals surface area contributed by atoms with Crippen molar-refractivity contribution in [3.8, 4) is 0 Å². The van der Waals surface area contributed by atoms with E-state index in [0.29, 0.717) is 0 Å². The minimum atomic E-state index is -2.74. The first-order valence-corrected chi connectivity index (χ1v) is 5.34. The highest BCUT2D eigenvalue weighted by atomic mass is 35.5. The van der Waals surface area contributed by atoms with Crippen molar-refractivity contribution < 1.29 is 59.7 Å². The SMILES string of the molecule is Cl.O=C(O)CC(O)(CC(=O)O)C(=O)O.O=C(O)CC(O)C(=O)O. The standard InChI is InChI=1S/C6H8O7.C4H6O5.ClH/c7-3(8)1-6(13,5(11)12)2-4(9)10;5-2(4(8)9)1-3(6)7;/h13H,1-2H2,(H,7,8)(H,9,10)(H,11,12);2,5H,1H2,(H,6,7)(H,8,9);1H. The topological polar surface area (TPSA) is 227 Å². The molecule has 0 fully saturated rings. The van der Waals surface area contributed by atoms with Crippen LogP contribution in [0.15, 0.2) is 0 Å². The Balaban J connectivity index is -0.000000354. The van der Waals surface area contributed by atoms with Crippen LogP contribution in [0.4, 0.5) is 0 Å². The summed E-state index contributed by atoms with van der Waals surface area (Å²) in [6, 6.07) is 0. The lowest BCUT2D eigenvalue weighted by atomic mass is 9.96. The maximum Gasteiger partial charge on any atom is 0.336 e. The zero-order chi connectivity index (χ0) is 18.1. The highest BCUT2D eigenvalue weighted by molar-refractivity contribution is 5.88. The molecule has 7 N–H and O–H groups in total. The number of rotatable bonds is 8. The molecule has 12 nitrogen and oxygen atoms in total. The van der Waals surface area contributed by atoms with Crippen LogP contribution in [0.1, 0.15) is 19.3 Å². The summed E-state index contributed by atoms with van der Waals surface area (Å²) in [4.78, 5) is 49.9. The molecule has 0 aromatic carbocycles. The smallest absolute Gasteiger partial charge is 0.336 e. The lowest BCUT2D eigenvalue weighted by molar-refractivity contribution is -0.170. The van der Waals surface area contributed by atoms with E-state index in [1.807, 2.05) is 0 Å². The minimum Gasteiger partial charge on any atom is -0.481 e. The quantitative estimate of drug-likeness (QED) is 0.250. The Hall–Kier alpha value is -2.44. The molecule has 0 aromatic rings. The predicted molar refractivity (Wildman–Crippen MR) is 70.2 cm³/mol. The maximum atomic E-state index is 10.3. The number of hydrogen-bond acceptors (Lipinski definition) is 7. The second-order valence-corrected chi connectivity index (χ2v) is 3.93. The zero-order valence-corrected chi connectivity index (χ0v) is 12.1. The van der Waals surface area contributed by atoms with Crippen molar-refractivity contribution in [1.82, 2.24) is 0 Å². The molecule has 23 heavy (non-hydrogen) atoms. The minimum absolute atomic E-state index is 0.